The minimum absolute atomic E-state index is 0.118. The van der Waals surface area contributed by atoms with Gasteiger partial charge in [-0.3, -0.25) is 0 Å². The van der Waals surface area contributed by atoms with Gasteiger partial charge in [-0.1, -0.05) is 0 Å². The lowest BCUT2D eigenvalue weighted by molar-refractivity contribution is -0.0266. The van der Waals surface area contributed by atoms with Gasteiger partial charge in [0.15, 0.2) is 0 Å². The summed E-state index contributed by atoms with van der Waals surface area (Å²) in [5.74, 6) is 1.29. The topological polar surface area (TPSA) is 44.2 Å². The molecule has 5 heteroatoms. The molecule has 1 fully saturated rings. The van der Waals surface area contributed by atoms with Crippen LogP contribution in [-0.4, -0.2) is 35.2 Å². The van der Waals surface area contributed by atoms with Crippen molar-refractivity contribution in [2.24, 2.45) is 5.92 Å². The molecule has 0 saturated heterocycles. The first kappa shape index (κ1) is 14.5. The van der Waals surface area contributed by atoms with E-state index in [1.54, 1.807) is 7.11 Å². The van der Waals surface area contributed by atoms with E-state index in [0.717, 1.165) is 38.0 Å². The van der Waals surface area contributed by atoms with Crippen molar-refractivity contribution in [3.63, 3.8) is 0 Å². The molecule has 1 aliphatic carbocycles. The molecular formula is C14H21ClN2O2. The molecule has 1 aromatic rings. The Bertz CT molecular complexity index is 397. The molecule has 19 heavy (non-hydrogen) atoms. The number of rotatable bonds is 7. The third kappa shape index (κ3) is 4.32. The number of ether oxygens (including phenoxy) is 2. The van der Waals surface area contributed by atoms with Crippen LogP contribution in [0.3, 0.4) is 0 Å². The number of alkyl halides is 1. The molecule has 2 rings (SSSR count). The molecule has 1 heterocycles. The zero-order chi connectivity index (χ0) is 13.7. The summed E-state index contributed by atoms with van der Waals surface area (Å²) in [5.41, 5.74) is 0.938. The number of nitrogens with zero attached hydrogens (tertiary/aromatic N) is 2. The Morgan fingerprint density at radius 2 is 2.21 bits per heavy atom. The second-order valence-corrected chi connectivity index (χ2v) is 5.62. The second kappa shape index (κ2) is 7.06. The Morgan fingerprint density at radius 3 is 2.89 bits per heavy atom. The summed E-state index contributed by atoms with van der Waals surface area (Å²) in [6.45, 7) is 2.85. The summed E-state index contributed by atoms with van der Waals surface area (Å²) in [6, 6.07) is 1.85. The molecular weight excluding hydrogens is 264 g/mol. The quantitative estimate of drug-likeness (QED) is 0.722. The molecule has 1 aromatic heterocycles. The van der Waals surface area contributed by atoms with Crippen LogP contribution in [0.2, 0.25) is 0 Å². The maximum atomic E-state index is 6.40. The Balaban J connectivity index is 1.74. The number of aromatic nitrogens is 2. The highest BCUT2D eigenvalue weighted by atomic mass is 35.5. The third-order valence-electron chi connectivity index (χ3n) is 3.52. The van der Waals surface area contributed by atoms with Gasteiger partial charge < -0.3 is 9.47 Å². The van der Waals surface area contributed by atoms with Gasteiger partial charge in [-0.2, -0.15) is 0 Å². The van der Waals surface area contributed by atoms with Gasteiger partial charge in [0.25, 0.3) is 0 Å². The lowest BCUT2D eigenvalue weighted by Crippen LogP contribution is -2.33. The molecule has 4 nitrogen and oxygen atoms in total. The summed E-state index contributed by atoms with van der Waals surface area (Å²) in [4.78, 5) is 8.21. The first-order chi connectivity index (χ1) is 9.21. The molecule has 0 bridgehead atoms. The fraction of sp³-hybridized carbons (Fsp3) is 0.714. The summed E-state index contributed by atoms with van der Waals surface area (Å²) >= 11 is 6.40. The fourth-order valence-electron chi connectivity index (χ4n) is 2.51. The lowest BCUT2D eigenvalue weighted by atomic mass is 9.79. The van der Waals surface area contributed by atoms with Crippen LogP contribution in [0, 0.1) is 5.92 Å². The van der Waals surface area contributed by atoms with Crippen LogP contribution in [0.5, 0.6) is 5.88 Å². The van der Waals surface area contributed by atoms with E-state index in [9.17, 15) is 0 Å². The molecule has 1 unspecified atom stereocenters. The normalized spacial score (nSPS) is 23.7. The summed E-state index contributed by atoms with van der Waals surface area (Å²) < 4.78 is 10.6. The van der Waals surface area contributed by atoms with Crippen molar-refractivity contribution >= 4 is 11.6 Å². The van der Waals surface area contributed by atoms with Crippen molar-refractivity contribution in [1.82, 2.24) is 9.97 Å². The summed E-state index contributed by atoms with van der Waals surface area (Å²) in [7, 11) is 1.60. The first-order valence-corrected chi connectivity index (χ1v) is 7.25. The van der Waals surface area contributed by atoms with Crippen LogP contribution in [0.15, 0.2) is 12.4 Å². The van der Waals surface area contributed by atoms with Crippen LogP contribution < -0.4 is 4.74 Å². The van der Waals surface area contributed by atoms with Crippen molar-refractivity contribution in [2.75, 3.05) is 13.7 Å². The number of hydrogen-bond acceptors (Lipinski definition) is 4. The molecule has 0 spiro atoms. The molecule has 1 atom stereocenters. The number of halogens is 1. The molecule has 0 radical (unpaired) electrons. The summed E-state index contributed by atoms with van der Waals surface area (Å²) in [6.07, 6.45) is 6.05. The van der Waals surface area contributed by atoms with Gasteiger partial charge in [0, 0.05) is 30.2 Å². The van der Waals surface area contributed by atoms with Crippen LogP contribution in [-0.2, 0) is 11.2 Å². The fourth-order valence-corrected chi connectivity index (χ4v) is 2.92. The highest BCUT2D eigenvalue weighted by Gasteiger charge is 2.31. The predicted molar refractivity (Wildman–Crippen MR) is 74.7 cm³/mol. The molecule has 0 amide bonds. The smallest absolute Gasteiger partial charge is 0.216 e. The van der Waals surface area contributed by atoms with Gasteiger partial charge in [-0.05, 0) is 32.1 Å². The summed E-state index contributed by atoms with van der Waals surface area (Å²) in [5, 5.41) is 0.118. The molecule has 0 aromatic carbocycles. The third-order valence-corrected chi connectivity index (χ3v) is 3.85. The van der Waals surface area contributed by atoms with Gasteiger partial charge in [0.1, 0.15) is 6.33 Å². The van der Waals surface area contributed by atoms with Gasteiger partial charge in [-0.15, -0.1) is 11.6 Å². The van der Waals surface area contributed by atoms with Crippen molar-refractivity contribution in [2.45, 2.75) is 44.1 Å². The highest BCUT2D eigenvalue weighted by molar-refractivity contribution is 6.20. The standard InChI is InChI=1S/C14H21ClN2O2/c1-3-19-13-5-10(6-13)4-11(15)7-12-8-14(18-2)17-9-16-12/h8-11,13H,3-7H2,1-2H3. The number of hydrogen-bond donors (Lipinski definition) is 0. The molecule has 106 valence electrons. The Morgan fingerprint density at radius 1 is 1.42 bits per heavy atom. The van der Waals surface area contributed by atoms with E-state index in [4.69, 9.17) is 21.1 Å². The van der Waals surface area contributed by atoms with E-state index >= 15 is 0 Å². The van der Waals surface area contributed by atoms with E-state index < -0.39 is 0 Å². The van der Waals surface area contributed by atoms with Gasteiger partial charge in [0.05, 0.1) is 13.2 Å². The lowest BCUT2D eigenvalue weighted by Gasteiger charge is -2.35. The molecule has 1 saturated carbocycles. The van der Waals surface area contributed by atoms with Crippen molar-refractivity contribution in [1.29, 1.82) is 0 Å². The van der Waals surface area contributed by atoms with Gasteiger partial charge >= 0.3 is 0 Å². The maximum Gasteiger partial charge on any atom is 0.216 e. The van der Waals surface area contributed by atoms with E-state index in [2.05, 4.69) is 9.97 Å². The SMILES string of the molecule is CCOC1CC(CC(Cl)Cc2cc(OC)ncn2)C1. The van der Waals surface area contributed by atoms with Crippen molar-refractivity contribution in [3.05, 3.63) is 18.1 Å². The largest absolute Gasteiger partial charge is 0.481 e. The van der Waals surface area contributed by atoms with E-state index in [-0.39, 0.29) is 5.38 Å². The minimum Gasteiger partial charge on any atom is -0.481 e. The zero-order valence-electron chi connectivity index (χ0n) is 11.5. The Kier molecular flexibility index (Phi) is 5.40. The monoisotopic (exact) mass is 284 g/mol. The van der Waals surface area contributed by atoms with Crippen molar-refractivity contribution < 1.29 is 9.47 Å². The van der Waals surface area contributed by atoms with E-state index in [0.29, 0.717) is 17.9 Å². The van der Waals surface area contributed by atoms with Crippen LogP contribution >= 0.6 is 11.6 Å². The van der Waals surface area contributed by atoms with Gasteiger partial charge in [0.2, 0.25) is 5.88 Å². The van der Waals surface area contributed by atoms with Gasteiger partial charge in [-0.25, -0.2) is 9.97 Å². The second-order valence-electron chi connectivity index (χ2n) is 5.00. The predicted octanol–water partition coefficient (Wildman–Crippen LogP) is 2.84. The van der Waals surface area contributed by atoms with E-state index in [1.807, 2.05) is 13.0 Å². The van der Waals surface area contributed by atoms with Crippen LogP contribution in [0.1, 0.15) is 31.9 Å². The van der Waals surface area contributed by atoms with Crippen LogP contribution in [0.4, 0.5) is 0 Å². The zero-order valence-corrected chi connectivity index (χ0v) is 12.3. The van der Waals surface area contributed by atoms with E-state index in [1.165, 1.54) is 6.33 Å². The molecule has 0 aliphatic heterocycles. The van der Waals surface area contributed by atoms with Crippen LogP contribution in [0.25, 0.3) is 0 Å². The maximum absolute atomic E-state index is 6.40. The minimum atomic E-state index is 0.118. The molecule has 0 N–H and O–H groups in total. The van der Waals surface area contributed by atoms with Crippen molar-refractivity contribution in [3.8, 4) is 5.88 Å². The Hall–Kier alpha value is -0.870. The highest BCUT2D eigenvalue weighted by Crippen LogP contribution is 2.35. The average molecular weight is 285 g/mol. The number of methoxy groups -OCH3 is 1. The average Bonchev–Trinajstić information content (AvgIpc) is 2.36. The molecule has 1 aliphatic rings. The Labute approximate surface area is 119 Å². The first-order valence-electron chi connectivity index (χ1n) is 6.81.